The van der Waals surface area contributed by atoms with E-state index in [0.717, 1.165) is 6.07 Å². The molecule has 1 saturated heterocycles. The average molecular weight is 292 g/mol. The molecular weight excluding hydrogens is 276 g/mol. The highest BCUT2D eigenvalue weighted by atomic mass is 19.4. The molecule has 0 bridgehead atoms. The lowest BCUT2D eigenvalue weighted by Gasteiger charge is -2.36. The van der Waals surface area contributed by atoms with Gasteiger partial charge in [-0.3, -0.25) is 4.90 Å². The number of nitrogens with zero attached hydrogens (tertiary/aromatic N) is 1. The summed E-state index contributed by atoms with van der Waals surface area (Å²) < 4.78 is 58.9. The van der Waals surface area contributed by atoms with Gasteiger partial charge in [0, 0.05) is 31.7 Å². The molecule has 1 aromatic rings. The first kappa shape index (κ1) is 15.1. The van der Waals surface area contributed by atoms with Gasteiger partial charge in [-0.1, -0.05) is 12.1 Å². The monoisotopic (exact) mass is 292 g/mol. The van der Waals surface area contributed by atoms with Crippen molar-refractivity contribution in [2.24, 2.45) is 0 Å². The maximum absolute atomic E-state index is 14.1. The molecule has 3 nitrogen and oxygen atoms in total. The fourth-order valence-electron chi connectivity index (χ4n) is 2.42. The summed E-state index contributed by atoms with van der Waals surface area (Å²) in [7, 11) is 1.23. The molecule has 1 atom stereocenters. The molecule has 0 aliphatic carbocycles. The zero-order valence-corrected chi connectivity index (χ0v) is 11.0. The lowest BCUT2D eigenvalue weighted by Crippen LogP contribution is -2.49. The number of alkyl halides is 3. The van der Waals surface area contributed by atoms with Gasteiger partial charge in [0.25, 0.3) is 0 Å². The number of hydrogen-bond donors (Lipinski definition) is 1. The van der Waals surface area contributed by atoms with Crippen molar-refractivity contribution in [1.82, 2.24) is 10.2 Å². The maximum Gasteiger partial charge on any atom is 0.408 e. The molecule has 7 heteroatoms. The van der Waals surface area contributed by atoms with Gasteiger partial charge in [0.15, 0.2) is 11.6 Å². The number of hydrogen-bond acceptors (Lipinski definition) is 3. The largest absolute Gasteiger partial charge is 0.494 e. The molecule has 1 aliphatic heterocycles. The molecule has 1 fully saturated rings. The SMILES string of the molecule is COc1cccc([C@@H](N2CCNCC2)C(F)(F)F)c1F. The van der Waals surface area contributed by atoms with E-state index in [2.05, 4.69) is 5.32 Å². The molecular formula is C13H16F4N2O. The van der Waals surface area contributed by atoms with Gasteiger partial charge in [-0.2, -0.15) is 13.2 Å². The molecule has 1 N–H and O–H groups in total. The van der Waals surface area contributed by atoms with E-state index in [0.29, 0.717) is 13.1 Å². The number of rotatable bonds is 3. The molecule has 0 unspecified atom stereocenters. The smallest absolute Gasteiger partial charge is 0.408 e. The van der Waals surface area contributed by atoms with Crippen LogP contribution in [-0.4, -0.2) is 44.4 Å². The predicted molar refractivity (Wildman–Crippen MR) is 66.2 cm³/mol. The van der Waals surface area contributed by atoms with Crippen molar-refractivity contribution >= 4 is 0 Å². The van der Waals surface area contributed by atoms with E-state index in [9.17, 15) is 17.6 Å². The summed E-state index contributed by atoms with van der Waals surface area (Å²) in [5.41, 5.74) is -0.390. The summed E-state index contributed by atoms with van der Waals surface area (Å²) in [5, 5.41) is 2.98. The van der Waals surface area contributed by atoms with Gasteiger partial charge in [-0.25, -0.2) is 4.39 Å². The minimum atomic E-state index is -4.54. The van der Waals surface area contributed by atoms with Crippen LogP contribution >= 0.6 is 0 Å². The topological polar surface area (TPSA) is 24.5 Å². The fourth-order valence-corrected chi connectivity index (χ4v) is 2.42. The van der Waals surface area contributed by atoms with Crippen LogP contribution in [0.2, 0.25) is 0 Å². The minimum Gasteiger partial charge on any atom is -0.494 e. The molecule has 1 heterocycles. The molecule has 0 aromatic heterocycles. The summed E-state index contributed by atoms with van der Waals surface area (Å²) in [6, 6.07) is 1.90. The van der Waals surface area contributed by atoms with E-state index in [4.69, 9.17) is 4.74 Å². The summed E-state index contributed by atoms with van der Waals surface area (Å²) in [5.74, 6) is -1.12. The highest BCUT2D eigenvalue weighted by Crippen LogP contribution is 2.40. The Morgan fingerprint density at radius 2 is 1.90 bits per heavy atom. The maximum atomic E-state index is 14.1. The molecule has 112 valence electrons. The van der Waals surface area contributed by atoms with Crippen LogP contribution < -0.4 is 10.1 Å². The van der Waals surface area contributed by atoms with Crippen LogP contribution in [0.1, 0.15) is 11.6 Å². The molecule has 20 heavy (non-hydrogen) atoms. The zero-order valence-electron chi connectivity index (χ0n) is 11.0. The quantitative estimate of drug-likeness (QED) is 0.866. The third-order valence-electron chi connectivity index (χ3n) is 3.33. The third kappa shape index (κ3) is 3.04. The van der Waals surface area contributed by atoms with Gasteiger partial charge in [0.2, 0.25) is 0 Å². The van der Waals surface area contributed by atoms with Crippen molar-refractivity contribution in [2.45, 2.75) is 12.2 Å². The molecule has 1 aliphatic rings. The van der Waals surface area contributed by atoms with Gasteiger partial charge in [-0.15, -0.1) is 0 Å². The van der Waals surface area contributed by atoms with E-state index in [1.165, 1.54) is 24.1 Å². The molecule has 1 aromatic carbocycles. The van der Waals surface area contributed by atoms with Crippen LogP contribution in [0.5, 0.6) is 5.75 Å². The standard InChI is InChI=1S/C13H16F4N2O/c1-20-10-4-2-3-9(11(10)14)12(13(15,16)17)19-7-5-18-6-8-19/h2-4,12,18H,5-8H2,1H3/t12-/m1/s1. The Balaban J connectivity index is 2.41. The molecule has 0 saturated carbocycles. The lowest BCUT2D eigenvalue weighted by atomic mass is 10.0. The van der Waals surface area contributed by atoms with E-state index < -0.39 is 23.6 Å². The lowest BCUT2D eigenvalue weighted by molar-refractivity contribution is -0.188. The van der Waals surface area contributed by atoms with Crippen molar-refractivity contribution in [2.75, 3.05) is 33.3 Å². The van der Waals surface area contributed by atoms with Crippen LogP contribution in [-0.2, 0) is 0 Å². The fraction of sp³-hybridized carbons (Fsp3) is 0.538. The molecule has 2 rings (SSSR count). The molecule has 0 spiro atoms. The number of halogens is 4. The number of nitrogens with one attached hydrogen (secondary N) is 1. The van der Waals surface area contributed by atoms with Gasteiger partial charge in [0.1, 0.15) is 6.04 Å². The van der Waals surface area contributed by atoms with Crippen molar-refractivity contribution in [3.63, 3.8) is 0 Å². The Hall–Kier alpha value is -1.34. The minimum absolute atomic E-state index is 0.174. The van der Waals surface area contributed by atoms with E-state index in [1.54, 1.807) is 0 Å². The first-order valence-electron chi connectivity index (χ1n) is 6.29. The van der Waals surface area contributed by atoms with E-state index in [1.807, 2.05) is 0 Å². The van der Waals surface area contributed by atoms with Crippen molar-refractivity contribution in [3.05, 3.63) is 29.6 Å². The van der Waals surface area contributed by atoms with Gasteiger partial charge in [0.05, 0.1) is 7.11 Å². The number of benzene rings is 1. The van der Waals surface area contributed by atoms with Crippen molar-refractivity contribution < 1.29 is 22.3 Å². The normalized spacial score (nSPS) is 18.9. The highest BCUT2D eigenvalue weighted by Gasteiger charge is 2.46. The van der Waals surface area contributed by atoms with Crippen LogP contribution in [0.3, 0.4) is 0 Å². The van der Waals surface area contributed by atoms with Crippen molar-refractivity contribution in [1.29, 1.82) is 0 Å². The zero-order chi connectivity index (χ0) is 14.8. The first-order chi connectivity index (χ1) is 9.45. The summed E-state index contributed by atoms with van der Waals surface area (Å²) >= 11 is 0. The summed E-state index contributed by atoms with van der Waals surface area (Å²) in [4.78, 5) is 1.24. The Labute approximate surface area is 114 Å². The summed E-state index contributed by atoms with van der Waals surface area (Å²) in [6.07, 6.45) is -4.54. The van der Waals surface area contributed by atoms with Gasteiger partial charge < -0.3 is 10.1 Å². The van der Waals surface area contributed by atoms with Crippen LogP contribution in [0, 0.1) is 5.82 Å². The predicted octanol–water partition coefficient (Wildman–Crippen LogP) is 2.34. The second kappa shape index (κ2) is 5.97. The summed E-state index contributed by atoms with van der Waals surface area (Å²) in [6.45, 7) is 1.36. The van der Waals surface area contributed by atoms with Gasteiger partial charge in [-0.05, 0) is 6.07 Å². The average Bonchev–Trinajstić information content (AvgIpc) is 2.41. The van der Waals surface area contributed by atoms with E-state index >= 15 is 0 Å². The van der Waals surface area contributed by atoms with Crippen LogP contribution in [0.4, 0.5) is 17.6 Å². The van der Waals surface area contributed by atoms with Crippen molar-refractivity contribution in [3.8, 4) is 5.75 Å². The van der Waals surface area contributed by atoms with Gasteiger partial charge >= 0.3 is 6.18 Å². The number of piperazine rings is 1. The third-order valence-corrected chi connectivity index (χ3v) is 3.33. The van der Waals surface area contributed by atoms with E-state index in [-0.39, 0.29) is 18.8 Å². The number of ether oxygens (including phenoxy) is 1. The van der Waals surface area contributed by atoms with Crippen LogP contribution in [0.15, 0.2) is 18.2 Å². The Morgan fingerprint density at radius 1 is 1.25 bits per heavy atom. The Morgan fingerprint density at radius 3 is 2.45 bits per heavy atom. The Bertz CT molecular complexity index is 458. The first-order valence-corrected chi connectivity index (χ1v) is 6.29. The number of methoxy groups -OCH3 is 1. The van der Waals surface area contributed by atoms with Crippen LogP contribution in [0.25, 0.3) is 0 Å². The molecule has 0 radical (unpaired) electrons. The molecule has 0 amide bonds. The second-order valence-electron chi connectivity index (χ2n) is 4.59. The Kier molecular flexibility index (Phi) is 4.49. The second-order valence-corrected chi connectivity index (χ2v) is 4.59. The highest BCUT2D eigenvalue weighted by molar-refractivity contribution is 5.34.